The molecule has 0 aromatic carbocycles. The van der Waals surface area contributed by atoms with Crippen LogP contribution in [0.5, 0.6) is 0 Å². The molecule has 1 rings (SSSR count). The van der Waals surface area contributed by atoms with Crippen LogP contribution in [0.1, 0.15) is 46.0 Å². The summed E-state index contributed by atoms with van der Waals surface area (Å²) in [7, 11) is 0. The number of rotatable bonds is 5. The minimum atomic E-state index is -0.593. The first-order valence-corrected chi connectivity index (χ1v) is 5.55. The number of hydrogen-bond donors (Lipinski definition) is 1. The van der Waals surface area contributed by atoms with Gasteiger partial charge in [0, 0.05) is 0 Å². The number of ether oxygens (including phenoxy) is 1. The monoisotopic (exact) mass is 200 g/mol. The molecule has 0 bridgehead atoms. The Morgan fingerprint density at radius 1 is 1.36 bits per heavy atom. The maximum Gasteiger partial charge on any atom is 0.312 e. The zero-order valence-electron chi connectivity index (χ0n) is 9.03. The summed E-state index contributed by atoms with van der Waals surface area (Å²) >= 11 is 0. The fourth-order valence-corrected chi connectivity index (χ4v) is 1.89. The molecule has 1 saturated heterocycles. The van der Waals surface area contributed by atoms with Crippen LogP contribution in [0.3, 0.4) is 0 Å². The molecule has 3 heteroatoms. The van der Waals surface area contributed by atoms with E-state index in [2.05, 4.69) is 6.92 Å². The van der Waals surface area contributed by atoms with Gasteiger partial charge in [0.25, 0.3) is 0 Å². The molecule has 1 N–H and O–H groups in total. The molecule has 0 aromatic heterocycles. The molecular formula is C11H20O3. The van der Waals surface area contributed by atoms with E-state index in [0.717, 1.165) is 19.3 Å². The van der Waals surface area contributed by atoms with Gasteiger partial charge < -0.3 is 9.84 Å². The molecule has 1 aliphatic heterocycles. The SMILES string of the molecule is CCCCCC[C@H]1C(=O)O[C@H](C)[C@@H]1O. The smallest absolute Gasteiger partial charge is 0.312 e. The first kappa shape index (κ1) is 11.5. The summed E-state index contributed by atoms with van der Waals surface area (Å²) in [4.78, 5) is 11.3. The lowest BCUT2D eigenvalue weighted by molar-refractivity contribution is -0.143. The summed E-state index contributed by atoms with van der Waals surface area (Å²) in [6.45, 7) is 3.90. The first-order chi connectivity index (χ1) is 6.66. The number of cyclic esters (lactones) is 1. The van der Waals surface area contributed by atoms with E-state index in [-0.39, 0.29) is 18.0 Å². The number of carbonyl (C=O) groups excluding carboxylic acids is 1. The van der Waals surface area contributed by atoms with Gasteiger partial charge in [0.2, 0.25) is 0 Å². The lowest BCUT2D eigenvalue weighted by Gasteiger charge is -2.11. The van der Waals surface area contributed by atoms with Crippen LogP contribution in [0.25, 0.3) is 0 Å². The van der Waals surface area contributed by atoms with Gasteiger partial charge in [-0.1, -0.05) is 32.6 Å². The number of aliphatic hydroxyl groups excluding tert-OH is 1. The van der Waals surface area contributed by atoms with Crippen LogP contribution in [0.15, 0.2) is 0 Å². The minimum absolute atomic E-state index is 0.221. The van der Waals surface area contributed by atoms with Crippen molar-refractivity contribution in [3.63, 3.8) is 0 Å². The third-order valence-corrected chi connectivity index (χ3v) is 2.87. The van der Waals surface area contributed by atoms with Gasteiger partial charge in [0.15, 0.2) is 0 Å². The van der Waals surface area contributed by atoms with Gasteiger partial charge in [-0.05, 0) is 13.3 Å². The van der Waals surface area contributed by atoms with Crippen molar-refractivity contribution in [3.05, 3.63) is 0 Å². The molecule has 1 fully saturated rings. The second-order valence-electron chi connectivity index (χ2n) is 4.09. The van der Waals surface area contributed by atoms with Gasteiger partial charge in [-0.25, -0.2) is 0 Å². The number of carbonyl (C=O) groups is 1. The molecular weight excluding hydrogens is 180 g/mol. The van der Waals surface area contributed by atoms with Crippen LogP contribution >= 0.6 is 0 Å². The fraction of sp³-hybridized carbons (Fsp3) is 0.909. The summed E-state index contributed by atoms with van der Waals surface area (Å²) in [5.74, 6) is -0.497. The molecule has 0 unspecified atom stereocenters. The van der Waals surface area contributed by atoms with Crippen molar-refractivity contribution in [1.82, 2.24) is 0 Å². The molecule has 0 aliphatic carbocycles. The maximum absolute atomic E-state index is 11.3. The normalized spacial score (nSPS) is 31.9. The van der Waals surface area contributed by atoms with Gasteiger partial charge >= 0.3 is 5.97 Å². The van der Waals surface area contributed by atoms with Crippen LogP contribution in [0.4, 0.5) is 0 Å². The molecule has 3 nitrogen and oxygen atoms in total. The highest BCUT2D eigenvalue weighted by atomic mass is 16.6. The summed E-state index contributed by atoms with van der Waals surface area (Å²) in [6, 6.07) is 0. The first-order valence-electron chi connectivity index (χ1n) is 5.55. The number of hydrogen-bond acceptors (Lipinski definition) is 3. The van der Waals surface area contributed by atoms with E-state index >= 15 is 0 Å². The zero-order chi connectivity index (χ0) is 10.6. The molecule has 0 spiro atoms. The van der Waals surface area contributed by atoms with E-state index in [1.54, 1.807) is 6.92 Å². The molecule has 3 atom stereocenters. The lowest BCUT2D eigenvalue weighted by Crippen LogP contribution is -2.24. The largest absolute Gasteiger partial charge is 0.460 e. The Bertz CT molecular complexity index is 191. The van der Waals surface area contributed by atoms with E-state index in [9.17, 15) is 9.90 Å². The van der Waals surface area contributed by atoms with Gasteiger partial charge in [-0.15, -0.1) is 0 Å². The number of unbranched alkanes of at least 4 members (excludes halogenated alkanes) is 3. The third-order valence-electron chi connectivity index (χ3n) is 2.87. The lowest BCUT2D eigenvalue weighted by atomic mass is 9.95. The van der Waals surface area contributed by atoms with Crippen molar-refractivity contribution in [2.24, 2.45) is 5.92 Å². The van der Waals surface area contributed by atoms with E-state index in [0.29, 0.717) is 0 Å². The number of aliphatic hydroxyl groups is 1. The second-order valence-corrected chi connectivity index (χ2v) is 4.09. The predicted molar refractivity (Wildman–Crippen MR) is 53.8 cm³/mol. The van der Waals surface area contributed by atoms with E-state index in [4.69, 9.17) is 4.74 Å². The molecule has 1 heterocycles. The van der Waals surface area contributed by atoms with Crippen LogP contribution in [0.2, 0.25) is 0 Å². The van der Waals surface area contributed by atoms with Crippen molar-refractivity contribution in [1.29, 1.82) is 0 Å². The van der Waals surface area contributed by atoms with Crippen LogP contribution in [-0.4, -0.2) is 23.3 Å². The molecule has 0 amide bonds. The molecule has 0 aromatic rings. The molecule has 0 saturated carbocycles. The predicted octanol–water partition coefficient (Wildman–Crippen LogP) is 1.88. The van der Waals surface area contributed by atoms with Crippen molar-refractivity contribution in [2.45, 2.75) is 58.2 Å². The average molecular weight is 200 g/mol. The van der Waals surface area contributed by atoms with Gasteiger partial charge in [-0.2, -0.15) is 0 Å². The molecule has 14 heavy (non-hydrogen) atoms. The Hall–Kier alpha value is -0.570. The van der Waals surface area contributed by atoms with Crippen molar-refractivity contribution in [3.8, 4) is 0 Å². The van der Waals surface area contributed by atoms with Gasteiger partial charge in [0.1, 0.15) is 12.2 Å². The standard InChI is InChI=1S/C11H20O3/c1-3-4-5-6-7-9-10(12)8(2)14-11(9)13/h8-10,12H,3-7H2,1-2H3/t8-,9-,10+/m1/s1. The molecule has 0 radical (unpaired) electrons. The van der Waals surface area contributed by atoms with E-state index in [1.165, 1.54) is 12.8 Å². The topological polar surface area (TPSA) is 46.5 Å². The summed E-state index contributed by atoms with van der Waals surface area (Å²) in [5, 5.41) is 9.64. The Balaban J connectivity index is 2.26. The highest BCUT2D eigenvalue weighted by molar-refractivity contribution is 5.75. The van der Waals surface area contributed by atoms with Crippen molar-refractivity contribution < 1.29 is 14.6 Å². The molecule has 1 aliphatic rings. The Kier molecular flexibility index (Phi) is 4.39. The average Bonchev–Trinajstić information content (AvgIpc) is 2.38. The third kappa shape index (κ3) is 2.71. The fourth-order valence-electron chi connectivity index (χ4n) is 1.89. The summed E-state index contributed by atoms with van der Waals surface area (Å²) in [6.07, 6.45) is 4.40. The van der Waals surface area contributed by atoms with Crippen molar-refractivity contribution >= 4 is 5.97 Å². The van der Waals surface area contributed by atoms with Crippen LogP contribution in [0, 0.1) is 5.92 Å². The molecule has 82 valence electrons. The minimum Gasteiger partial charge on any atom is -0.460 e. The Morgan fingerprint density at radius 2 is 2.07 bits per heavy atom. The Labute approximate surface area is 85.5 Å². The highest BCUT2D eigenvalue weighted by Crippen LogP contribution is 2.26. The quantitative estimate of drug-likeness (QED) is 0.544. The zero-order valence-corrected chi connectivity index (χ0v) is 9.03. The maximum atomic E-state index is 11.3. The van der Waals surface area contributed by atoms with Gasteiger partial charge in [-0.3, -0.25) is 4.79 Å². The van der Waals surface area contributed by atoms with E-state index in [1.807, 2.05) is 0 Å². The van der Waals surface area contributed by atoms with Crippen LogP contribution < -0.4 is 0 Å². The second kappa shape index (κ2) is 5.35. The van der Waals surface area contributed by atoms with E-state index < -0.39 is 6.10 Å². The summed E-state index contributed by atoms with van der Waals surface area (Å²) in [5.41, 5.74) is 0. The summed E-state index contributed by atoms with van der Waals surface area (Å²) < 4.78 is 4.95. The van der Waals surface area contributed by atoms with Crippen molar-refractivity contribution in [2.75, 3.05) is 0 Å². The van der Waals surface area contributed by atoms with Gasteiger partial charge in [0.05, 0.1) is 5.92 Å². The van der Waals surface area contributed by atoms with Crippen LogP contribution in [-0.2, 0) is 9.53 Å². The number of esters is 1. The Morgan fingerprint density at radius 3 is 2.57 bits per heavy atom. The highest BCUT2D eigenvalue weighted by Gasteiger charge is 2.40.